The summed E-state index contributed by atoms with van der Waals surface area (Å²) in [5, 5.41) is 8.29. The van der Waals surface area contributed by atoms with Crippen LogP contribution in [0.25, 0.3) is 0 Å². The quantitative estimate of drug-likeness (QED) is 0.575. The van der Waals surface area contributed by atoms with Gasteiger partial charge >= 0.3 is 0 Å². The van der Waals surface area contributed by atoms with E-state index in [9.17, 15) is 0 Å². The molecule has 1 fully saturated rings. The minimum atomic E-state index is -0.129. The van der Waals surface area contributed by atoms with E-state index in [1.807, 2.05) is 0 Å². The third-order valence-electron chi connectivity index (χ3n) is 3.33. The van der Waals surface area contributed by atoms with Crippen molar-refractivity contribution in [1.29, 1.82) is 5.41 Å². The maximum Gasteiger partial charge on any atom is 0.0963 e. The zero-order valence-electron chi connectivity index (χ0n) is 10.8. The van der Waals surface area contributed by atoms with E-state index in [0.29, 0.717) is 5.84 Å². The predicted molar refractivity (Wildman–Crippen MR) is 73.3 cm³/mol. The van der Waals surface area contributed by atoms with Gasteiger partial charge < -0.3 is 10.6 Å². The highest BCUT2D eigenvalue weighted by molar-refractivity contribution is 7.99. The minimum absolute atomic E-state index is 0.129. The van der Waals surface area contributed by atoms with Gasteiger partial charge in [-0.1, -0.05) is 20.8 Å². The number of amidine groups is 1. The van der Waals surface area contributed by atoms with Crippen molar-refractivity contribution in [2.75, 3.05) is 25.4 Å². The molecule has 1 heterocycles. The molecule has 1 aliphatic rings. The Morgan fingerprint density at radius 2 is 2.25 bits per heavy atom. The molecule has 0 amide bonds. The maximum absolute atomic E-state index is 7.51. The predicted octanol–water partition coefficient (Wildman–Crippen LogP) is 2.17. The fourth-order valence-electron chi connectivity index (χ4n) is 1.97. The molecule has 1 atom stereocenters. The normalized spacial score (nSPS) is 23.3. The molecule has 0 aromatic carbocycles. The Balaban J connectivity index is 2.22. The SMILES string of the molecule is CC1CN(CCCC(C)(C)C(=N)N)CCS1. The van der Waals surface area contributed by atoms with Gasteiger partial charge in [0.1, 0.15) is 0 Å². The number of nitrogens with zero attached hydrogens (tertiary/aromatic N) is 1. The van der Waals surface area contributed by atoms with Gasteiger partial charge in [-0.15, -0.1) is 0 Å². The number of thioether (sulfide) groups is 1. The fraction of sp³-hybridized carbons (Fsp3) is 0.917. The first-order chi connectivity index (χ1) is 7.42. The van der Waals surface area contributed by atoms with Gasteiger partial charge in [0.05, 0.1) is 5.84 Å². The number of hydrogen-bond acceptors (Lipinski definition) is 3. The molecule has 1 unspecified atom stereocenters. The molecule has 0 radical (unpaired) electrons. The zero-order chi connectivity index (χ0) is 12.2. The summed E-state index contributed by atoms with van der Waals surface area (Å²) in [5.41, 5.74) is 5.45. The van der Waals surface area contributed by atoms with Crippen molar-refractivity contribution in [2.45, 2.75) is 38.9 Å². The molecule has 0 aliphatic carbocycles. The first-order valence-corrected chi connectivity index (χ1v) is 7.15. The van der Waals surface area contributed by atoms with Crippen LogP contribution in [0.3, 0.4) is 0 Å². The molecular weight excluding hydrogens is 218 g/mol. The van der Waals surface area contributed by atoms with Crippen LogP contribution in [0, 0.1) is 10.8 Å². The van der Waals surface area contributed by atoms with Gasteiger partial charge in [0.2, 0.25) is 0 Å². The highest BCUT2D eigenvalue weighted by Gasteiger charge is 2.22. The van der Waals surface area contributed by atoms with E-state index in [2.05, 4.69) is 37.4 Å². The van der Waals surface area contributed by atoms with Crippen LogP contribution in [0.15, 0.2) is 0 Å². The Morgan fingerprint density at radius 1 is 1.56 bits per heavy atom. The zero-order valence-corrected chi connectivity index (χ0v) is 11.6. The Kier molecular flexibility index (Phi) is 5.12. The van der Waals surface area contributed by atoms with Crippen LogP contribution in [0.1, 0.15) is 33.6 Å². The van der Waals surface area contributed by atoms with E-state index in [-0.39, 0.29) is 5.41 Å². The molecular formula is C12H25N3S. The number of rotatable bonds is 5. The Labute approximate surface area is 104 Å². The lowest BCUT2D eigenvalue weighted by Gasteiger charge is -2.31. The van der Waals surface area contributed by atoms with Gasteiger partial charge in [-0.3, -0.25) is 5.41 Å². The maximum atomic E-state index is 7.51. The van der Waals surface area contributed by atoms with Crippen molar-refractivity contribution in [3.8, 4) is 0 Å². The minimum Gasteiger partial charge on any atom is -0.387 e. The second-order valence-corrected chi connectivity index (χ2v) is 6.93. The highest BCUT2D eigenvalue weighted by atomic mass is 32.2. The molecule has 0 bridgehead atoms. The average molecular weight is 243 g/mol. The molecule has 0 saturated carbocycles. The highest BCUT2D eigenvalue weighted by Crippen LogP contribution is 2.23. The molecule has 16 heavy (non-hydrogen) atoms. The number of nitrogens with two attached hydrogens (primary N) is 1. The van der Waals surface area contributed by atoms with Crippen LogP contribution >= 0.6 is 11.8 Å². The van der Waals surface area contributed by atoms with Crippen molar-refractivity contribution >= 4 is 17.6 Å². The van der Waals surface area contributed by atoms with Crippen LogP contribution in [-0.2, 0) is 0 Å². The van der Waals surface area contributed by atoms with Gasteiger partial charge in [0.15, 0.2) is 0 Å². The molecule has 0 aromatic rings. The van der Waals surface area contributed by atoms with Gasteiger partial charge in [-0.05, 0) is 19.4 Å². The van der Waals surface area contributed by atoms with Crippen LogP contribution in [0.5, 0.6) is 0 Å². The lowest BCUT2D eigenvalue weighted by atomic mass is 9.86. The lowest BCUT2D eigenvalue weighted by molar-refractivity contribution is 0.268. The number of nitrogens with one attached hydrogen (secondary N) is 1. The summed E-state index contributed by atoms with van der Waals surface area (Å²) < 4.78 is 0. The fourth-order valence-corrected chi connectivity index (χ4v) is 3.06. The smallest absolute Gasteiger partial charge is 0.0963 e. The molecule has 3 nitrogen and oxygen atoms in total. The lowest BCUT2D eigenvalue weighted by Crippen LogP contribution is -2.38. The standard InChI is InChI=1S/C12H25N3S/c1-10-9-15(7-8-16-10)6-4-5-12(2,3)11(13)14/h10H,4-9H2,1-3H3,(H3,13,14). The average Bonchev–Trinajstić information content (AvgIpc) is 2.17. The molecule has 3 N–H and O–H groups in total. The Bertz CT molecular complexity index is 240. The Hall–Kier alpha value is -0.220. The van der Waals surface area contributed by atoms with Crippen LogP contribution in [0.2, 0.25) is 0 Å². The summed E-state index contributed by atoms with van der Waals surface area (Å²) in [6.45, 7) is 10.0. The first kappa shape index (κ1) is 13.8. The van der Waals surface area contributed by atoms with Gasteiger partial charge in [0, 0.05) is 29.5 Å². The van der Waals surface area contributed by atoms with Crippen LogP contribution < -0.4 is 5.73 Å². The summed E-state index contributed by atoms with van der Waals surface area (Å²) in [4.78, 5) is 2.54. The van der Waals surface area contributed by atoms with Crippen LogP contribution in [0.4, 0.5) is 0 Å². The third kappa shape index (κ3) is 4.34. The topological polar surface area (TPSA) is 53.1 Å². The van der Waals surface area contributed by atoms with E-state index in [4.69, 9.17) is 11.1 Å². The van der Waals surface area contributed by atoms with E-state index < -0.39 is 0 Å². The van der Waals surface area contributed by atoms with E-state index in [1.54, 1.807) is 0 Å². The van der Waals surface area contributed by atoms with Gasteiger partial charge in [0.25, 0.3) is 0 Å². The molecule has 0 aromatic heterocycles. The molecule has 4 heteroatoms. The van der Waals surface area contributed by atoms with Crippen LogP contribution in [-0.4, -0.2) is 41.4 Å². The van der Waals surface area contributed by atoms with Crippen molar-refractivity contribution in [1.82, 2.24) is 4.90 Å². The third-order valence-corrected chi connectivity index (χ3v) is 4.47. The van der Waals surface area contributed by atoms with Crippen molar-refractivity contribution in [3.05, 3.63) is 0 Å². The second kappa shape index (κ2) is 5.92. The molecule has 0 spiro atoms. The Morgan fingerprint density at radius 3 is 2.81 bits per heavy atom. The van der Waals surface area contributed by atoms with E-state index in [0.717, 1.165) is 24.6 Å². The summed E-state index contributed by atoms with van der Waals surface area (Å²) in [6, 6.07) is 0. The summed E-state index contributed by atoms with van der Waals surface area (Å²) in [5.74, 6) is 1.58. The van der Waals surface area contributed by atoms with Gasteiger partial charge in [-0.25, -0.2) is 0 Å². The van der Waals surface area contributed by atoms with Crippen molar-refractivity contribution < 1.29 is 0 Å². The van der Waals surface area contributed by atoms with E-state index >= 15 is 0 Å². The van der Waals surface area contributed by atoms with E-state index in [1.165, 1.54) is 18.8 Å². The second-order valence-electron chi connectivity index (χ2n) is 5.38. The summed E-state index contributed by atoms with van der Waals surface area (Å²) >= 11 is 2.07. The molecule has 1 aliphatic heterocycles. The first-order valence-electron chi connectivity index (χ1n) is 6.10. The van der Waals surface area contributed by atoms with Crippen molar-refractivity contribution in [2.24, 2.45) is 11.1 Å². The summed E-state index contributed by atoms with van der Waals surface area (Å²) in [7, 11) is 0. The summed E-state index contributed by atoms with van der Waals surface area (Å²) in [6.07, 6.45) is 2.16. The molecule has 1 rings (SSSR count). The molecule has 1 saturated heterocycles. The van der Waals surface area contributed by atoms with Crippen molar-refractivity contribution in [3.63, 3.8) is 0 Å². The van der Waals surface area contributed by atoms with Gasteiger partial charge in [-0.2, -0.15) is 11.8 Å². The monoisotopic (exact) mass is 243 g/mol. The number of hydrogen-bond donors (Lipinski definition) is 2. The molecule has 94 valence electrons. The largest absolute Gasteiger partial charge is 0.387 e.